The fraction of sp³-hybridized carbons (Fsp3) is 0.444. The van der Waals surface area contributed by atoms with Gasteiger partial charge in [0.2, 0.25) is 0 Å². The Kier molecular flexibility index (Phi) is 6.63. The highest BCUT2D eigenvalue weighted by atomic mass is 32.2. The highest BCUT2D eigenvalue weighted by Crippen LogP contribution is 2.27. The van der Waals surface area contributed by atoms with Crippen LogP contribution in [-0.4, -0.2) is 51.2 Å². The summed E-state index contributed by atoms with van der Waals surface area (Å²) >= 11 is 1.14. The van der Waals surface area contributed by atoms with Crippen molar-refractivity contribution in [3.8, 4) is 11.4 Å². The Labute approximate surface area is 165 Å². The maximum absolute atomic E-state index is 13.3. The van der Waals surface area contributed by atoms with Crippen molar-refractivity contribution in [2.75, 3.05) is 12.4 Å². The number of nitrogens with zero attached hydrogens (tertiary/aromatic N) is 3. The Morgan fingerprint density at radius 3 is 2.79 bits per heavy atom. The molecule has 10 heteroatoms. The summed E-state index contributed by atoms with van der Waals surface area (Å²) < 4.78 is 25.8. The van der Waals surface area contributed by atoms with E-state index in [4.69, 9.17) is 15.2 Å². The molecule has 8 nitrogen and oxygen atoms in total. The van der Waals surface area contributed by atoms with Gasteiger partial charge < -0.3 is 15.2 Å². The molecular weight excluding hydrogens is 387 g/mol. The first-order valence-corrected chi connectivity index (χ1v) is 9.85. The van der Waals surface area contributed by atoms with Gasteiger partial charge in [0.05, 0.1) is 18.4 Å². The number of halogens is 1. The van der Waals surface area contributed by atoms with Gasteiger partial charge in [0, 0.05) is 12.2 Å². The number of thioether (sulfide) groups is 1. The van der Waals surface area contributed by atoms with Gasteiger partial charge in [-0.15, -0.1) is 10.2 Å². The normalized spacial score (nSPS) is 17.4. The molecule has 1 amide bonds. The van der Waals surface area contributed by atoms with E-state index < -0.39 is 18.0 Å². The summed E-state index contributed by atoms with van der Waals surface area (Å²) in [6.07, 6.45) is 0.936. The van der Waals surface area contributed by atoms with E-state index in [-0.39, 0.29) is 17.7 Å². The first kappa shape index (κ1) is 20.3. The van der Waals surface area contributed by atoms with E-state index in [1.165, 1.54) is 19.1 Å². The lowest BCUT2D eigenvalue weighted by atomic mass is 10.2. The molecule has 0 unspecified atom stereocenters. The predicted molar refractivity (Wildman–Crippen MR) is 99.9 cm³/mol. The molecule has 0 saturated carbocycles. The monoisotopic (exact) mass is 408 g/mol. The van der Waals surface area contributed by atoms with Crippen LogP contribution < -0.4 is 5.73 Å². The van der Waals surface area contributed by atoms with Crippen LogP contribution in [0.5, 0.6) is 0 Å². The van der Waals surface area contributed by atoms with Crippen molar-refractivity contribution in [3.05, 3.63) is 30.1 Å². The second-order valence-corrected chi connectivity index (χ2v) is 7.32. The third-order valence-corrected chi connectivity index (χ3v) is 5.20. The molecule has 2 heterocycles. The fourth-order valence-corrected chi connectivity index (χ4v) is 3.51. The summed E-state index contributed by atoms with van der Waals surface area (Å²) in [4.78, 5) is 22.9. The zero-order chi connectivity index (χ0) is 20.1. The van der Waals surface area contributed by atoms with Gasteiger partial charge in [-0.2, -0.15) is 0 Å². The van der Waals surface area contributed by atoms with Gasteiger partial charge in [-0.05, 0) is 44.0 Å². The second kappa shape index (κ2) is 9.16. The molecule has 1 fully saturated rings. The first-order valence-electron chi connectivity index (χ1n) is 8.86. The molecule has 1 saturated heterocycles. The van der Waals surface area contributed by atoms with Crippen LogP contribution in [0.15, 0.2) is 29.4 Å². The Morgan fingerprint density at radius 2 is 2.14 bits per heavy atom. The smallest absolute Gasteiger partial charge is 0.317 e. The number of benzene rings is 1. The molecule has 1 aliphatic heterocycles. The zero-order valence-electron chi connectivity index (χ0n) is 15.3. The minimum atomic E-state index is -0.993. The Balaban J connectivity index is 1.76. The molecule has 0 spiro atoms. The average Bonchev–Trinajstić information content (AvgIpc) is 3.31. The molecule has 0 aliphatic carbocycles. The summed E-state index contributed by atoms with van der Waals surface area (Å²) in [6.45, 7) is 2.64. The number of aromatic nitrogens is 3. The van der Waals surface area contributed by atoms with Crippen molar-refractivity contribution >= 4 is 23.6 Å². The van der Waals surface area contributed by atoms with Gasteiger partial charge in [0.25, 0.3) is 5.91 Å². The summed E-state index contributed by atoms with van der Waals surface area (Å²) in [7, 11) is 0. The molecule has 0 bridgehead atoms. The molecule has 150 valence electrons. The van der Waals surface area contributed by atoms with Crippen molar-refractivity contribution in [1.29, 1.82) is 0 Å². The number of carbonyl (C=O) groups excluding carboxylic acids is 2. The summed E-state index contributed by atoms with van der Waals surface area (Å²) in [5, 5.41) is 8.90. The summed E-state index contributed by atoms with van der Waals surface area (Å²) in [5.74, 6) is -1.11. The number of carbonyl (C=O) groups is 2. The predicted octanol–water partition coefficient (Wildman–Crippen LogP) is 1.77. The lowest BCUT2D eigenvalue weighted by molar-refractivity contribution is -0.151. The third kappa shape index (κ3) is 5.08. The van der Waals surface area contributed by atoms with E-state index in [1.54, 1.807) is 12.1 Å². The molecule has 1 aliphatic rings. The highest BCUT2D eigenvalue weighted by molar-refractivity contribution is 7.99. The van der Waals surface area contributed by atoms with Gasteiger partial charge in [-0.1, -0.05) is 11.8 Å². The van der Waals surface area contributed by atoms with Crippen LogP contribution in [0.1, 0.15) is 19.8 Å². The van der Waals surface area contributed by atoms with E-state index >= 15 is 0 Å². The van der Waals surface area contributed by atoms with Crippen molar-refractivity contribution < 1.29 is 23.5 Å². The first-order chi connectivity index (χ1) is 13.4. The molecular formula is C18H21FN4O4S. The van der Waals surface area contributed by atoms with Gasteiger partial charge >= 0.3 is 5.97 Å². The van der Waals surface area contributed by atoms with E-state index in [1.807, 2.05) is 4.57 Å². The molecule has 3 rings (SSSR count). The Morgan fingerprint density at radius 1 is 1.39 bits per heavy atom. The van der Waals surface area contributed by atoms with E-state index in [9.17, 15) is 14.0 Å². The molecule has 1 aromatic carbocycles. The van der Waals surface area contributed by atoms with E-state index in [0.29, 0.717) is 29.7 Å². The minimum absolute atomic E-state index is 0.0244. The van der Waals surface area contributed by atoms with Crippen LogP contribution in [0, 0.1) is 5.82 Å². The van der Waals surface area contributed by atoms with Crippen molar-refractivity contribution in [2.45, 2.75) is 43.7 Å². The van der Waals surface area contributed by atoms with Crippen LogP contribution >= 0.6 is 11.8 Å². The van der Waals surface area contributed by atoms with Gasteiger partial charge in [0.1, 0.15) is 5.82 Å². The maximum Gasteiger partial charge on any atom is 0.317 e. The van der Waals surface area contributed by atoms with Gasteiger partial charge in [-0.3, -0.25) is 14.2 Å². The largest absolute Gasteiger partial charge is 0.452 e. The lowest BCUT2D eigenvalue weighted by Crippen LogP contribution is -2.31. The molecule has 28 heavy (non-hydrogen) atoms. The fourth-order valence-electron chi connectivity index (χ4n) is 2.78. The number of hydrogen-bond acceptors (Lipinski definition) is 7. The Bertz CT molecular complexity index is 837. The van der Waals surface area contributed by atoms with Crippen LogP contribution in [0.2, 0.25) is 0 Å². The molecule has 2 atom stereocenters. The highest BCUT2D eigenvalue weighted by Gasteiger charge is 2.23. The molecule has 1 aromatic heterocycles. The van der Waals surface area contributed by atoms with Crippen LogP contribution in [0.25, 0.3) is 11.4 Å². The average molecular weight is 408 g/mol. The summed E-state index contributed by atoms with van der Waals surface area (Å²) in [6, 6.07) is 5.97. The van der Waals surface area contributed by atoms with E-state index in [2.05, 4.69) is 10.2 Å². The quantitative estimate of drug-likeness (QED) is 0.524. The maximum atomic E-state index is 13.3. The SMILES string of the molecule is C[C@H](OC(=O)CSc1nnc(-c2ccc(F)cc2)n1C[C@@H]1CCCO1)C(N)=O. The molecule has 2 N–H and O–H groups in total. The van der Waals surface area contributed by atoms with E-state index in [0.717, 1.165) is 24.6 Å². The standard InChI is InChI=1S/C18H21FN4O4S/c1-11(16(20)25)27-15(24)10-28-18-22-21-17(12-4-6-13(19)7-5-12)23(18)9-14-3-2-8-26-14/h4-7,11,14H,2-3,8-10H2,1H3,(H2,20,25)/t11-,14-/m0/s1. The third-order valence-electron chi connectivity index (χ3n) is 4.26. The second-order valence-electron chi connectivity index (χ2n) is 6.38. The topological polar surface area (TPSA) is 109 Å². The molecule has 0 radical (unpaired) electrons. The zero-order valence-corrected chi connectivity index (χ0v) is 16.2. The summed E-state index contributed by atoms with van der Waals surface area (Å²) in [5.41, 5.74) is 5.81. The van der Waals surface area contributed by atoms with Crippen molar-refractivity contribution in [2.24, 2.45) is 5.73 Å². The van der Waals surface area contributed by atoms with Crippen LogP contribution in [-0.2, 0) is 25.6 Å². The number of ether oxygens (including phenoxy) is 2. The van der Waals surface area contributed by atoms with Crippen molar-refractivity contribution in [1.82, 2.24) is 14.8 Å². The van der Waals surface area contributed by atoms with Crippen LogP contribution in [0.3, 0.4) is 0 Å². The number of esters is 1. The van der Waals surface area contributed by atoms with Gasteiger partial charge in [-0.25, -0.2) is 4.39 Å². The number of rotatable bonds is 8. The Hall–Kier alpha value is -2.46. The number of primary amides is 1. The van der Waals surface area contributed by atoms with Crippen LogP contribution in [0.4, 0.5) is 4.39 Å². The molecule has 2 aromatic rings. The van der Waals surface area contributed by atoms with Crippen molar-refractivity contribution in [3.63, 3.8) is 0 Å². The number of nitrogens with two attached hydrogens (primary N) is 1. The number of amides is 1. The van der Waals surface area contributed by atoms with Gasteiger partial charge in [0.15, 0.2) is 17.1 Å². The lowest BCUT2D eigenvalue weighted by Gasteiger charge is -2.15. The minimum Gasteiger partial charge on any atom is -0.452 e. The number of hydrogen-bond donors (Lipinski definition) is 1.